The van der Waals surface area contributed by atoms with Gasteiger partial charge in [0.25, 0.3) is 0 Å². The average Bonchev–Trinajstić information content (AvgIpc) is 3.49. The topological polar surface area (TPSA) is 0 Å². The molecule has 6 rings (SSSR count). The van der Waals surface area contributed by atoms with Crippen LogP contribution in [0.5, 0.6) is 0 Å². The van der Waals surface area contributed by atoms with Crippen LogP contribution < -0.4 is 0 Å². The highest BCUT2D eigenvalue weighted by Crippen LogP contribution is 2.65. The van der Waals surface area contributed by atoms with Gasteiger partial charge in [-0.15, -0.1) is 0 Å². The van der Waals surface area contributed by atoms with Gasteiger partial charge in [0, 0.05) is 11.8 Å². The number of rotatable bonds is 6. The fraction of sp³-hybridized carbons (Fsp3) is 0.282. The Hall–Kier alpha value is -3.64. The van der Waals surface area contributed by atoms with Crippen LogP contribution in [0.15, 0.2) is 109 Å². The highest BCUT2D eigenvalue weighted by Gasteiger charge is 2.50. The Bertz CT molecular complexity index is 1440. The van der Waals surface area contributed by atoms with Crippen molar-refractivity contribution in [3.8, 4) is 0 Å². The zero-order valence-corrected chi connectivity index (χ0v) is 24.2. The van der Waals surface area contributed by atoms with E-state index in [1.807, 2.05) is 0 Å². The van der Waals surface area contributed by atoms with Crippen molar-refractivity contribution in [2.24, 2.45) is 17.3 Å². The fourth-order valence-corrected chi connectivity index (χ4v) is 7.74. The molecule has 0 radical (unpaired) electrons. The van der Waals surface area contributed by atoms with E-state index in [0.717, 1.165) is 0 Å². The number of hydrogen-bond donors (Lipinski definition) is 0. The third kappa shape index (κ3) is 4.04. The van der Waals surface area contributed by atoms with E-state index in [1.165, 1.54) is 55.7 Å². The zero-order valence-electron chi connectivity index (χ0n) is 24.2. The Labute approximate surface area is 235 Å². The molecule has 2 aliphatic carbocycles. The maximum Gasteiger partial charge on any atom is 0.0165 e. The Balaban J connectivity index is 1.65. The van der Waals surface area contributed by atoms with Crippen molar-refractivity contribution in [3.63, 3.8) is 0 Å². The largest absolute Gasteiger partial charge is 0.0622 e. The van der Waals surface area contributed by atoms with Crippen LogP contribution in [0.25, 0.3) is 22.3 Å². The second kappa shape index (κ2) is 9.83. The molecule has 0 N–H and O–H groups in total. The van der Waals surface area contributed by atoms with Crippen LogP contribution in [0.1, 0.15) is 86.8 Å². The Morgan fingerprint density at radius 3 is 1.15 bits per heavy atom. The zero-order chi connectivity index (χ0) is 27.3. The Morgan fingerprint density at radius 2 is 0.795 bits per heavy atom. The monoisotopic (exact) mass is 508 g/mol. The average molecular weight is 509 g/mol. The van der Waals surface area contributed by atoms with Crippen LogP contribution in [0.2, 0.25) is 0 Å². The molecule has 2 unspecified atom stereocenters. The van der Waals surface area contributed by atoms with Crippen molar-refractivity contribution in [2.45, 2.75) is 53.4 Å². The van der Waals surface area contributed by atoms with Crippen molar-refractivity contribution in [3.05, 3.63) is 143 Å². The van der Waals surface area contributed by atoms with Gasteiger partial charge in [-0.1, -0.05) is 151 Å². The molecule has 0 heterocycles. The smallest absolute Gasteiger partial charge is 0.0165 e. The molecule has 4 aromatic rings. The summed E-state index contributed by atoms with van der Waals surface area (Å²) in [5.74, 6) is 1.43. The van der Waals surface area contributed by atoms with E-state index in [4.69, 9.17) is 0 Å². The maximum absolute atomic E-state index is 2.54. The molecule has 0 bridgehead atoms. The summed E-state index contributed by atoms with van der Waals surface area (Å²) in [5.41, 5.74) is 14.5. The molecule has 0 fully saturated rings. The SMILES string of the molecule is CC(C)C1=C(c2ccccc2)C(C(C)(C)C2C(c3ccccc3)=C(C(C)C)c3ccccc32)c2ccccc21. The van der Waals surface area contributed by atoms with Crippen molar-refractivity contribution in [1.29, 1.82) is 0 Å². The first-order chi connectivity index (χ1) is 18.8. The summed E-state index contributed by atoms with van der Waals surface area (Å²) in [7, 11) is 0. The fourth-order valence-electron chi connectivity index (χ4n) is 7.74. The Morgan fingerprint density at radius 1 is 0.462 bits per heavy atom. The second-order valence-corrected chi connectivity index (χ2v) is 12.6. The molecule has 2 atom stereocenters. The lowest BCUT2D eigenvalue weighted by molar-refractivity contribution is 0.304. The quantitative estimate of drug-likeness (QED) is 0.243. The molecule has 4 aromatic carbocycles. The summed E-state index contributed by atoms with van der Waals surface area (Å²) in [6.07, 6.45) is 0. The van der Waals surface area contributed by atoms with Gasteiger partial charge < -0.3 is 0 Å². The van der Waals surface area contributed by atoms with Crippen molar-refractivity contribution in [1.82, 2.24) is 0 Å². The number of benzene rings is 4. The van der Waals surface area contributed by atoms with Gasteiger partial charge in [-0.3, -0.25) is 0 Å². The molecule has 0 saturated heterocycles. The highest BCUT2D eigenvalue weighted by molar-refractivity contribution is 6.03. The number of fused-ring (bicyclic) bond motifs is 2. The lowest BCUT2D eigenvalue weighted by Gasteiger charge is -2.42. The highest BCUT2D eigenvalue weighted by atomic mass is 14.5. The summed E-state index contributed by atoms with van der Waals surface area (Å²) in [4.78, 5) is 0. The van der Waals surface area contributed by atoms with Crippen LogP contribution >= 0.6 is 0 Å². The standard InChI is InChI=1S/C39H40/c1-25(2)33-29-21-13-15-23-31(29)37(35(33)27-17-9-7-10-18-27)39(5,6)38-32-24-16-14-22-30(32)34(26(3)4)36(38)28-19-11-8-12-20-28/h7-26,37-38H,1-6H3. The molecular formula is C39H40. The van der Waals surface area contributed by atoms with E-state index >= 15 is 0 Å². The van der Waals surface area contributed by atoms with Crippen molar-refractivity contribution >= 4 is 22.3 Å². The predicted octanol–water partition coefficient (Wildman–Crippen LogP) is 10.7. The van der Waals surface area contributed by atoms with Crippen LogP contribution in [0, 0.1) is 17.3 Å². The first kappa shape index (κ1) is 25.6. The molecule has 2 aliphatic rings. The minimum Gasteiger partial charge on any atom is -0.0622 e. The predicted molar refractivity (Wildman–Crippen MR) is 168 cm³/mol. The molecule has 0 aromatic heterocycles. The Kier molecular flexibility index (Phi) is 6.46. The van der Waals surface area contributed by atoms with E-state index in [2.05, 4.69) is 151 Å². The molecular weight excluding hydrogens is 468 g/mol. The van der Waals surface area contributed by atoms with Gasteiger partial charge in [-0.25, -0.2) is 0 Å². The van der Waals surface area contributed by atoms with E-state index in [9.17, 15) is 0 Å². The second-order valence-electron chi connectivity index (χ2n) is 12.6. The number of allylic oxidation sites excluding steroid dienone is 4. The van der Waals surface area contributed by atoms with Gasteiger partial charge in [-0.05, 0) is 72.9 Å². The van der Waals surface area contributed by atoms with Crippen LogP contribution in [0.3, 0.4) is 0 Å². The van der Waals surface area contributed by atoms with Gasteiger partial charge in [0.2, 0.25) is 0 Å². The summed E-state index contributed by atoms with van der Waals surface area (Å²) >= 11 is 0. The summed E-state index contributed by atoms with van der Waals surface area (Å²) in [6, 6.07) is 40.8. The molecule has 0 saturated carbocycles. The normalized spacial score (nSPS) is 18.8. The summed E-state index contributed by atoms with van der Waals surface area (Å²) in [6.45, 7) is 14.5. The lowest BCUT2D eigenvalue weighted by Crippen LogP contribution is -2.30. The molecule has 0 spiro atoms. The van der Waals surface area contributed by atoms with Gasteiger partial charge in [-0.2, -0.15) is 0 Å². The molecule has 0 amide bonds. The van der Waals surface area contributed by atoms with Crippen LogP contribution in [0.4, 0.5) is 0 Å². The van der Waals surface area contributed by atoms with E-state index in [-0.39, 0.29) is 17.3 Å². The lowest BCUT2D eigenvalue weighted by atomic mass is 9.60. The van der Waals surface area contributed by atoms with Crippen molar-refractivity contribution in [2.75, 3.05) is 0 Å². The van der Waals surface area contributed by atoms with Crippen LogP contribution in [-0.2, 0) is 0 Å². The molecule has 0 nitrogen and oxygen atoms in total. The van der Waals surface area contributed by atoms with Gasteiger partial charge in [0.15, 0.2) is 0 Å². The third-order valence-corrected chi connectivity index (χ3v) is 9.09. The molecule has 0 heteroatoms. The minimum absolute atomic E-state index is 0.0875. The molecule has 0 aliphatic heterocycles. The van der Waals surface area contributed by atoms with Gasteiger partial charge >= 0.3 is 0 Å². The van der Waals surface area contributed by atoms with Crippen LogP contribution in [-0.4, -0.2) is 0 Å². The first-order valence-electron chi connectivity index (χ1n) is 14.6. The van der Waals surface area contributed by atoms with Crippen molar-refractivity contribution < 1.29 is 0 Å². The maximum atomic E-state index is 2.54. The minimum atomic E-state index is -0.0875. The summed E-state index contributed by atoms with van der Waals surface area (Å²) < 4.78 is 0. The van der Waals surface area contributed by atoms with E-state index < -0.39 is 0 Å². The summed E-state index contributed by atoms with van der Waals surface area (Å²) in [5, 5.41) is 0. The molecule has 39 heavy (non-hydrogen) atoms. The van der Waals surface area contributed by atoms with E-state index in [0.29, 0.717) is 11.8 Å². The van der Waals surface area contributed by atoms with E-state index in [1.54, 1.807) is 0 Å². The third-order valence-electron chi connectivity index (χ3n) is 9.09. The molecule has 196 valence electrons. The van der Waals surface area contributed by atoms with Gasteiger partial charge in [0.1, 0.15) is 0 Å². The van der Waals surface area contributed by atoms with Gasteiger partial charge in [0.05, 0.1) is 0 Å². The number of hydrogen-bond acceptors (Lipinski definition) is 0. The first-order valence-corrected chi connectivity index (χ1v) is 14.6.